The lowest BCUT2D eigenvalue weighted by atomic mass is 10.2. The van der Waals surface area contributed by atoms with Gasteiger partial charge in [-0.2, -0.15) is 0 Å². The summed E-state index contributed by atoms with van der Waals surface area (Å²) < 4.78 is 26.6. The summed E-state index contributed by atoms with van der Waals surface area (Å²) in [5.41, 5.74) is 1.07. The van der Waals surface area contributed by atoms with Crippen LogP contribution in [0.2, 0.25) is 0 Å². The highest BCUT2D eigenvalue weighted by molar-refractivity contribution is 9.10. The standard InChI is InChI=1S/C16H17BrN2O3S/c1-19(15-8-3-2-4-9-15)23(21,22)11-10-18-16(20)13-6-5-7-14(17)12-13/h2-9,12H,10-11H2,1H3,(H,18,20). The minimum atomic E-state index is -3.49. The number of anilines is 1. The van der Waals surface area contributed by atoms with E-state index in [1.807, 2.05) is 12.1 Å². The molecule has 0 saturated carbocycles. The Bertz CT molecular complexity index is 779. The monoisotopic (exact) mass is 396 g/mol. The highest BCUT2D eigenvalue weighted by atomic mass is 79.9. The Morgan fingerprint density at radius 1 is 1.13 bits per heavy atom. The first-order valence-corrected chi connectivity index (χ1v) is 9.36. The maximum absolute atomic E-state index is 12.3. The van der Waals surface area contributed by atoms with Crippen LogP contribution in [-0.4, -0.2) is 33.7 Å². The second-order valence-corrected chi connectivity index (χ2v) is 7.92. The average Bonchev–Trinajstić information content (AvgIpc) is 2.54. The van der Waals surface area contributed by atoms with Crippen LogP contribution in [0.1, 0.15) is 10.4 Å². The normalized spacial score (nSPS) is 11.0. The first-order chi connectivity index (χ1) is 10.9. The lowest BCUT2D eigenvalue weighted by Crippen LogP contribution is -2.35. The van der Waals surface area contributed by atoms with Gasteiger partial charge in [-0.15, -0.1) is 0 Å². The fourth-order valence-corrected chi connectivity index (χ4v) is 3.44. The predicted octanol–water partition coefficient (Wildman–Crippen LogP) is 2.65. The summed E-state index contributed by atoms with van der Waals surface area (Å²) in [5.74, 6) is -0.470. The molecule has 7 heteroatoms. The molecule has 5 nitrogen and oxygen atoms in total. The number of hydrogen-bond donors (Lipinski definition) is 1. The molecule has 2 aromatic carbocycles. The van der Waals surface area contributed by atoms with Crippen molar-refractivity contribution >= 4 is 37.5 Å². The van der Waals surface area contributed by atoms with Gasteiger partial charge in [-0.1, -0.05) is 40.2 Å². The molecule has 0 atom stereocenters. The number of hydrogen-bond acceptors (Lipinski definition) is 3. The molecule has 0 saturated heterocycles. The summed E-state index contributed by atoms with van der Waals surface area (Å²) in [6.07, 6.45) is 0. The summed E-state index contributed by atoms with van der Waals surface area (Å²) >= 11 is 3.29. The smallest absolute Gasteiger partial charge is 0.251 e. The number of halogens is 1. The van der Waals surface area contributed by atoms with Crippen molar-refractivity contribution in [2.75, 3.05) is 23.7 Å². The molecule has 0 aliphatic heterocycles. The van der Waals surface area contributed by atoms with Crippen molar-refractivity contribution in [2.24, 2.45) is 0 Å². The molecule has 2 aromatic rings. The topological polar surface area (TPSA) is 66.5 Å². The van der Waals surface area contributed by atoms with Crippen LogP contribution in [0.3, 0.4) is 0 Å². The SMILES string of the molecule is CN(c1ccccc1)S(=O)(=O)CCNC(=O)c1cccc(Br)c1. The van der Waals surface area contributed by atoms with E-state index in [9.17, 15) is 13.2 Å². The third kappa shape index (κ3) is 4.80. The molecule has 0 aliphatic rings. The van der Waals surface area contributed by atoms with E-state index in [0.29, 0.717) is 11.3 Å². The van der Waals surface area contributed by atoms with Gasteiger partial charge in [0.05, 0.1) is 11.4 Å². The van der Waals surface area contributed by atoms with Gasteiger partial charge >= 0.3 is 0 Å². The molecule has 1 amide bonds. The Morgan fingerprint density at radius 3 is 2.48 bits per heavy atom. The van der Waals surface area contributed by atoms with Crippen LogP contribution in [0, 0.1) is 0 Å². The molecule has 0 aliphatic carbocycles. The molecule has 0 aromatic heterocycles. The van der Waals surface area contributed by atoms with E-state index < -0.39 is 10.0 Å². The zero-order valence-corrected chi connectivity index (χ0v) is 15.0. The number of para-hydroxylation sites is 1. The summed E-state index contributed by atoms with van der Waals surface area (Å²) in [4.78, 5) is 12.0. The molecule has 0 unspecified atom stereocenters. The number of sulfonamides is 1. The van der Waals surface area contributed by atoms with E-state index in [4.69, 9.17) is 0 Å². The van der Waals surface area contributed by atoms with Gasteiger partial charge in [0.1, 0.15) is 0 Å². The van der Waals surface area contributed by atoms with Gasteiger partial charge < -0.3 is 5.32 Å². The Kier molecular flexibility index (Phi) is 5.79. The van der Waals surface area contributed by atoms with E-state index >= 15 is 0 Å². The first-order valence-electron chi connectivity index (χ1n) is 6.95. The fraction of sp³-hybridized carbons (Fsp3) is 0.188. The Morgan fingerprint density at radius 2 is 1.83 bits per heavy atom. The fourth-order valence-electron chi connectivity index (χ4n) is 1.96. The van der Waals surface area contributed by atoms with Gasteiger partial charge in [-0.3, -0.25) is 9.10 Å². The van der Waals surface area contributed by atoms with Crippen molar-refractivity contribution in [3.8, 4) is 0 Å². The van der Waals surface area contributed by atoms with Crippen molar-refractivity contribution < 1.29 is 13.2 Å². The maximum Gasteiger partial charge on any atom is 0.251 e. The van der Waals surface area contributed by atoms with E-state index in [1.54, 1.807) is 42.5 Å². The van der Waals surface area contributed by atoms with Crippen LogP contribution in [-0.2, 0) is 10.0 Å². The second-order valence-electron chi connectivity index (χ2n) is 4.89. The minimum Gasteiger partial charge on any atom is -0.351 e. The average molecular weight is 397 g/mol. The lowest BCUT2D eigenvalue weighted by Gasteiger charge is -2.19. The van der Waals surface area contributed by atoms with Crippen LogP contribution < -0.4 is 9.62 Å². The summed E-state index contributed by atoms with van der Waals surface area (Å²) in [7, 11) is -1.99. The van der Waals surface area contributed by atoms with Crippen LogP contribution in [0.25, 0.3) is 0 Å². The van der Waals surface area contributed by atoms with Crippen molar-refractivity contribution in [2.45, 2.75) is 0 Å². The molecule has 1 N–H and O–H groups in total. The lowest BCUT2D eigenvalue weighted by molar-refractivity contribution is 0.0956. The third-order valence-electron chi connectivity index (χ3n) is 3.27. The number of carbonyl (C=O) groups is 1. The molecule has 0 fully saturated rings. The predicted molar refractivity (Wildman–Crippen MR) is 95.1 cm³/mol. The quantitative estimate of drug-likeness (QED) is 0.815. The molecule has 23 heavy (non-hydrogen) atoms. The van der Waals surface area contributed by atoms with E-state index in [1.165, 1.54) is 11.4 Å². The molecule has 0 bridgehead atoms. The van der Waals surface area contributed by atoms with Crippen molar-refractivity contribution in [1.29, 1.82) is 0 Å². The van der Waals surface area contributed by atoms with Gasteiger partial charge in [-0.05, 0) is 30.3 Å². The molecule has 2 rings (SSSR count). The van der Waals surface area contributed by atoms with Crippen LogP contribution in [0.4, 0.5) is 5.69 Å². The second kappa shape index (κ2) is 7.61. The summed E-state index contributed by atoms with van der Waals surface area (Å²) in [6, 6.07) is 15.7. The van der Waals surface area contributed by atoms with Crippen LogP contribution >= 0.6 is 15.9 Å². The van der Waals surface area contributed by atoms with E-state index in [2.05, 4.69) is 21.2 Å². The summed E-state index contributed by atoms with van der Waals surface area (Å²) in [6.45, 7) is 0.0465. The molecular weight excluding hydrogens is 380 g/mol. The number of nitrogens with zero attached hydrogens (tertiary/aromatic N) is 1. The molecule has 0 radical (unpaired) electrons. The highest BCUT2D eigenvalue weighted by Crippen LogP contribution is 2.15. The number of rotatable bonds is 6. The van der Waals surface area contributed by atoms with Gasteiger partial charge in [-0.25, -0.2) is 8.42 Å². The van der Waals surface area contributed by atoms with Crippen LogP contribution in [0.15, 0.2) is 59.1 Å². The Balaban J connectivity index is 1.93. The maximum atomic E-state index is 12.3. The summed E-state index contributed by atoms with van der Waals surface area (Å²) in [5, 5.41) is 2.62. The first kappa shape index (κ1) is 17.5. The zero-order valence-electron chi connectivity index (χ0n) is 12.6. The zero-order chi connectivity index (χ0) is 16.9. The van der Waals surface area contributed by atoms with E-state index in [-0.39, 0.29) is 18.2 Å². The number of benzene rings is 2. The van der Waals surface area contributed by atoms with Gasteiger partial charge in [0.25, 0.3) is 5.91 Å². The number of carbonyl (C=O) groups excluding carboxylic acids is 1. The van der Waals surface area contributed by atoms with Gasteiger partial charge in [0.15, 0.2) is 0 Å². The van der Waals surface area contributed by atoms with Crippen LogP contribution in [0.5, 0.6) is 0 Å². The molecule has 0 heterocycles. The van der Waals surface area contributed by atoms with Crippen molar-refractivity contribution in [3.05, 3.63) is 64.6 Å². The number of amides is 1. The van der Waals surface area contributed by atoms with Gasteiger partial charge in [0.2, 0.25) is 10.0 Å². The minimum absolute atomic E-state index is 0.0465. The van der Waals surface area contributed by atoms with Crippen molar-refractivity contribution in [1.82, 2.24) is 5.32 Å². The van der Waals surface area contributed by atoms with Crippen molar-refractivity contribution in [3.63, 3.8) is 0 Å². The number of nitrogens with one attached hydrogen (secondary N) is 1. The Hall–Kier alpha value is -1.86. The van der Waals surface area contributed by atoms with Gasteiger partial charge in [0, 0.05) is 23.6 Å². The third-order valence-corrected chi connectivity index (χ3v) is 5.53. The largest absolute Gasteiger partial charge is 0.351 e. The molecule has 122 valence electrons. The molecule has 0 spiro atoms. The Labute approximate surface area is 144 Å². The molecular formula is C16H17BrN2O3S. The van der Waals surface area contributed by atoms with E-state index in [0.717, 1.165) is 4.47 Å². The highest BCUT2D eigenvalue weighted by Gasteiger charge is 2.18.